The molecule has 1 aromatic heterocycles. The standard InChI is InChI=1S/C29H39N6O9P/c1-4-25(37)30-11-5-12-33(3)28(40)24-9-7-20-10-13-34(17(2)36)16-23(27(39)35(20)24)32-26(38)22-15-19-14-18(6-8-21(19)31-22)29(41)45(42,43)44/h6,8,14-15,20,23-24,31H,4-5,7,9-13,16H2,1-3H3,(H,30,37)(H,32,38)(H2,42,43,44)/t20-,23+,24+/m1/s1. The Labute approximate surface area is 259 Å². The number of carbonyl (C=O) groups is 6. The third-order valence-electron chi connectivity index (χ3n) is 8.29. The lowest BCUT2D eigenvalue weighted by molar-refractivity contribution is -0.148. The van der Waals surface area contributed by atoms with E-state index in [1.165, 1.54) is 36.1 Å². The van der Waals surface area contributed by atoms with Crippen molar-refractivity contribution in [3.63, 3.8) is 0 Å². The Kier molecular flexibility index (Phi) is 10.5. The fraction of sp³-hybridized carbons (Fsp3) is 0.517. The van der Waals surface area contributed by atoms with Crippen molar-refractivity contribution in [1.82, 2.24) is 30.3 Å². The molecule has 5 amide bonds. The first-order chi connectivity index (χ1) is 21.2. The number of aromatic nitrogens is 1. The highest BCUT2D eigenvalue weighted by Crippen LogP contribution is 2.39. The van der Waals surface area contributed by atoms with Crippen molar-refractivity contribution in [3.8, 4) is 0 Å². The number of nitrogens with one attached hydrogen (secondary N) is 3. The van der Waals surface area contributed by atoms with E-state index in [9.17, 15) is 43.1 Å². The van der Waals surface area contributed by atoms with Crippen LogP contribution in [0.25, 0.3) is 10.9 Å². The van der Waals surface area contributed by atoms with Gasteiger partial charge in [-0.15, -0.1) is 0 Å². The highest BCUT2D eigenvalue weighted by molar-refractivity contribution is 7.70. The maximum atomic E-state index is 14.0. The Balaban J connectivity index is 1.52. The van der Waals surface area contributed by atoms with Crippen LogP contribution in [0.5, 0.6) is 0 Å². The Morgan fingerprint density at radius 1 is 1.11 bits per heavy atom. The number of rotatable bonds is 10. The minimum Gasteiger partial charge on any atom is -0.356 e. The SMILES string of the molecule is CCC(=O)NCCCN(C)C(=O)[C@@H]1CC[C@@H]2CCN(C(C)=O)C[C@H](NC(=O)c3cc4cc(C(=O)P(=O)(O)O)ccc4[nH]3)C(=O)N21. The minimum atomic E-state index is -5.01. The first kappa shape index (κ1) is 33.8. The van der Waals surface area contributed by atoms with Crippen molar-refractivity contribution in [1.29, 1.82) is 0 Å². The number of aromatic amines is 1. The monoisotopic (exact) mass is 646 g/mol. The van der Waals surface area contributed by atoms with E-state index in [1.54, 1.807) is 23.8 Å². The summed E-state index contributed by atoms with van der Waals surface area (Å²) in [5.41, 5.74) is -1.13. The Bertz CT molecular complexity index is 1550. The van der Waals surface area contributed by atoms with Gasteiger partial charge in [-0.2, -0.15) is 0 Å². The number of hydrogen-bond acceptors (Lipinski definition) is 7. The molecule has 2 aliphatic heterocycles. The molecule has 2 fully saturated rings. The predicted molar refractivity (Wildman–Crippen MR) is 162 cm³/mol. The number of H-pyrrole nitrogens is 1. The largest absolute Gasteiger partial charge is 0.396 e. The zero-order valence-corrected chi connectivity index (χ0v) is 26.3. The summed E-state index contributed by atoms with van der Waals surface area (Å²) >= 11 is 0. The van der Waals surface area contributed by atoms with Crippen molar-refractivity contribution < 1.29 is 43.1 Å². The van der Waals surface area contributed by atoms with Gasteiger partial charge in [0.05, 0.1) is 0 Å². The number of likely N-dealkylation sites (N-methyl/N-ethyl adjacent to an activating group) is 1. The molecular formula is C29H39N6O9P. The maximum Gasteiger partial charge on any atom is 0.396 e. The average Bonchev–Trinajstić information content (AvgIpc) is 3.61. The fourth-order valence-electron chi connectivity index (χ4n) is 5.84. The van der Waals surface area contributed by atoms with Crippen LogP contribution in [0.1, 0.15) is 66.8 Å². The second kappa shape index (κ2) is 13.9. The molecule has 0 spiro atoms. The summed E-state index contributed by atoms with van der Waals surface area (Å²) in [4.78, 5) is 103. The molecule has 16 heteroatoms. The van der Waals surface area contributed by atoms with Gasteiger partial charge in [0.25, 0.3) is 11.4 Å². The van der Waals surface area contributed by atoms with Gasteiger partial charge in [-0.3, -0.25) is 33.3 Å². The van der Waals surface area contributed by atoms with Gasteiger partial charge in [0.15, 0.2) is 0 Å². The lowest BCUT2D eigenvalue weighted by Crippen LogP contribution is -2.61. The molecular weight excluding hydrogens is 607 g/mol. The van der Waals surface area contributed by atoms with Gasteiger partial charge in [0, 0.05) is 69.1 Å². The number of carbonyl (C=O) groups excluding carboxylic acids is 6. The van der Waals surface area contributed by atoms with Crippen molar-refractivity contribution in [2.24, 2.45) is 0 Å². The third-order valence-corrected chi connectivity index (χ3v) is 9.08. The zero-order chi connectivity index (χ0) is 33.1. The molecule has 2 saturated heterocycles. The Hall–Kier alpha value is -4.07. The highest BCUT2D eigenvalue weighted by Gasteiger charge is 2.46. The van der Waals surface area contributed by atoms with E-state index in [0.717, 1.165) is 0 Å². The molecule has 3 heterocycles. The van der Waals surface area contributed by atoms with Crippen LogP contribution in [-0.2, 0) is 23.7 Å². The van der Waals surface area contributed by atoms with E-state index in [0.29, 0.717) is 62.6 Å². The number of hydrogen-bond donors (Lipinski definition) is 5. The van der Waals surface area contributed by atoms with Crippen LogP contribution in [0.15, 0.2) is 24.3 Å². The summed E-state index contributed by atoms with van der Waals surface area (Å²) in [7, 11) is -3.36. The molecule has 3 atom stereocenters. The summed E-state index contributed by atoms with van der Waals surface area (Å²) in [5.74, 6) is -1.73. The molecule has 0 saturated carbocycles. The predicted octanol–water partition coefficient (Wildman–Crippen LogP) is 0.571. The average molecular weight is 647 g/mol. The molecule has 1 aromatic carbocycles. The van der Waals surface area contributed by atoms with E-state index in [-0.39, 0.29) is 41.6 Å². The maximum absolute atomic E-state index is 14.0. The fourth-order valence-corrected chi connectivity index (χ4v) is 6.31. The lowest BCUT2D eigenvalue weighted by atomic mass is 10.1. The van der Waals surface area contributed by atoms with Gasteiger partial charge in [-0.25, -0.2) is 0 Å². The molecule has 2 aromatic rings. The van der Waals surface area contributed by atoms with Crippen LogP contribution in [0, 0.1) is 0 Å². The molecule has 0 aliphatic carbocycles. The van der Waals surface area contributed by atoms with Crippen LogP contribution in [-0.4, -0.2) is 116 Å². The van der Waals surface area contributed by atoms with E-state index < -0.39 is 37.0 Å². The van der Waals surface area contributed by atoms with E-state index in [1.807, 2.05) is 0 Å². The van der Waals surface area contributed by atoms with E-state index >= 15 is 0 Å². The number of amides is 5. The summed E-state index contributed by atoms with van der Waals surface area (Å²) in [5, 5.41) is 5.83. The van der Waals surface area contributed by atoms with Gasteiger partial charge in [-0.05, 0) is 49.9 Å². The van der Waals surface area contributed by atoms with Gasteiger partial charge in [0.1, 0.15) is 17.8 Å². The van der Waals surface area contributed by atoms with Crippen LogP contribution >= 0.6 is 7.60 Å². The summed E-state index contributed by atoms with van der Waals surface area (Å²) in [6.07, 6.45) is 2.40. The second-order valence-corrected chi connectivity index (χ2v) is 12.9. The Morgan fingerprint density at radius 3 is 2.51 bits per heavy atom. The normalized spacial score (nSPS) is 20.3. The van der Waals surface area contributed by atoms with Crippen molar-refractivity contribution >= 4 is 53.6 Å². The molecule has 2 aliphatic rings. The topological polar surface area (TPSA) is 210 Å². The quantitative estimate of drug-likeness (QED) is 0.180. The van der Waals surface area contributed by atoms with Crippen LogP contribution in [0.2, 0.25) is 0 Å². The molecule has 244 valence electrons. The zero-order valence-electron chi connectivity index (χ0n) is 25.4. The van der Waals surface area contributed by atoms with Gasteiger partial charge < -0.3 is 40.1 Å². The van der Waals surface area contributed by atoms with Crippen molar-refractivity contribution in [2.45, 2.75) is 64.1 Å². The number of nitrogens with zero attached hydrogens (tertiary/aromatic N) is 3. The summed E-state index contributed by atoms with van der Waals surface area (Å²) in [6.45, 7) is 4.18. The van der Waals surface area contributed by atoms with Crippen LogP contribution in [0.4, 0.5) is 0 Å². The second-order valence-electron chi connectivity index (χ2n) is 11.4. The third kappa shape index (κ3) is 7.78. The van der Waals surface area contributed by atoms with Gasteiger partial charge in [0.2, 0.25) is 23.6 Å². The number of fused-ring (bicyclic) bond motifs is 2. The first-order valence-corrected chi connectivity index (χ1v) is 16.5. The first-order valence-electron chi connectivity index (χ1n) is 14.8. The van der Waals surface area contributed by atoms with Crippen LogP contribution < -0.4 is 10.6 Å². The molecule has 0 unspecified atom stereocenters. The summed E-state index contributed by atoms with van der Waals surface area (Å²) in [6, 6.07) is 3.08. The minimum absolute atomic E-state index is 0.0236. The molecule has 5 N–H and O–H groups in total. The highest BCUT2D eigenvalue weighted by atomic mass is 31.2. The summed E-state index contributed by atoms with van der Waals surface area (Å²) < 4.78 is 11.4. The van der Waals surface area contributed by atoms with E-state index in [4.69, 9.17) is 0 Å². The molecule has 15 nitrogen and oxygen atoms in total. The van der Waals surface area contributed by atoms with Gasteiger partial charge >= 0.3 is 7.60 Å². The van der Waals surface area contributed by atoms with Gasteiger partial charge in [-0.1, -0.05) is 6.92 Å². The van der Waals surface area contributed by atoms with Crippen molar-refractivity contribution in [3.05, 3.63) is 35.5 Å². The van der Waals surface area contributed by atoms with Crippen LogP contribution in [0.3, 0.4) is 0 Å². The molecule has 0 radical (unpaired) electrons. The lowest BCUT2D eigenvalue weighted by Gasteiger charge is -2.39. The molecule has 45 heavy (non-hydrogen) atoms. The van der Waals surface area contributed by atoms with E-state index in [2.05, 4.69) is 15.6 Å². The molecule has 4 rings (SSSR count). The molecule has 0 bridgehead atoms. The smallest absolute Gasteiger partial charge is 0.356 e. The number of benzene rings is 1. The van der Waals surface area contributed by atoms with Crippen molar-refractivity contribution in [2.75, 3.05) is 33.2 Å². The Morgan fingerprint density at radius 2 is 1.84 bits per heavy atom.